The summed E-state index contributed by atoms with van der Waals surface area (Å²) in [7, 11) is 3.20. The van der Waals surface area contributed by atoms with Gasteiger partial charge in [-0.25, -0.2) is 4.79 Å². The van der Waals surface area contributed by atoms with Crippen molar-refractivity contribution in [2.45, 2.75) is 26.3 Å². The molecule has 3 aromatic carbocycles. The monoisotopic (exact) mass is 529 g/mol. The molecule has 0 saturated carbocycles. The van der Waals surface area contributed by atoms with Gasteiger partial charge >= 0.3 is 5.63 Å². The number of hydrogen-bond donors (Lipinski definition) is 0. The van der Waals surface area contributed by atoms with Crippen LogP contribution in [0.25, 0.3) is 11.0 Å². The van der Waals surface area contributed by atoms with E-state index >= 15 is 0 Å². The van der Waals surface area contributed by atoms with Crippen LogP contribution in [0.1, 0.15) is 40.0 Å². The van der Waals surface area contributed by atoms with Crippen LogP contribution in [0.2, 0.25) is 0 Å². The van der Waals surface area contributed by atoms with Crippen molar-refractivity contribution in [1.82, 2.24) is 4.90 Å². The van der Waals surface area contributed by atoms with E-state index in [9.17, 15) is 9.59 Å². The second kappa shape index (κ2) is 11.1. The summed E-state index contributed by atoms with van der Waals surface area (Å²) in [5.41, 5.74) is 3.44. The first-order valence-corrected chi connectivity index (χ1v) is 12.9. The molecule has 0 spiro atoms. The normalized spacial score (nSPS) is 14.6. The molecule has 1 unspecified atom stereocenters. The van der Waals surface area contributed by atoms with Gasteiger partial charge in [0.15, 0.2) is 11.5 Å². The second-order valence-electron chi connectivity index (χ2n) is 9.35. The number of benzene rings is 3. The van der Waals surface area contributed by atoms with Gasteiger partial charge in [0.2, 0.25) is 0 Å². The summed E-state index contributed by atoms with van der Waals surface area (Å²) in [6.45, 7) is 5.03. The highest BCUT2D eigenvalue weighted by Gasteiger charge is 2.33. The Balaban J connectivity index is 1.49. The topological polar surface area (TPSA) is 87.4 Å². The maximum absolute atomic E-state index is 13.8. The summed E-state index contributed by atoms with van der Waals surface area (Å²) in [6.07, 6.45) is 0.662. The molecule has 5 rings (SSSR count). The molecule has 4 aromatic rings. The molecule has 0 saturated heterocycles. The zero-order chi connectivity index (χ0) is 27.5. The Morgan fingerprint density at radius 3 is 2.38 bits per heavy atom. The first kappa shape index (κ1) is 26.2. The first-order chi connectivity index (χ1) is 18.9. The van der Waals surface area contributed by atoms with Crippen molar-refractivity contribution >= 4 is 16.9 Å². The van der Waals surface area contributed by atoms with E-state index in [1.54, 1.807) is 44.6 Å². The predicted octanol–water partition coefficient (Wildman–Crippen LogP) is 5.34. The molecule has 202 valence electrons. The molecule has 1 amide bonds. The van der Waals surface area contributed by atoms with Gasteiger partial charge in [-0.3, -0.25) is 4.79 Å². The molecule has 1 aromatic heterocycles. The lowest BCUT2D eigenvalue weighted by atomic mass is 9.91. The zero-order valence-corrected chi connectivity index (χ0v) is 22.5. The van der Waals surface area contributed by atoms with Crippen molar-refractivity contribution in [3.8, 4) is 23.0 Å². The quantitative estimate of drug-likeness (QED) is 0.285. The van der Waals surface area contributed by atoms with Gasteiger partial charge < -0.3 is 28.3 Å². The zero-order valence-electron chi connectivity index (χ0n) is 22.5. The number of amides is 1. The molecule has 0 fully saturated rings. The van der Waals surface area contributed by atoms with Crippen LogP contribution in [0.5, 0.6) is 23.0 Å². The Kier molecular flexibility index (Phi) is 7.45. The van der Waals surface area contributed by atoms with Crippen molar-refractivity contribution in [1.29, 1.82) is 0 Å². The van der Waals surface area contributed by atoms with Crippen LogP contribution in [0.15, 0.2) is 69.9 Å². The molecule has 0 radical (unpaired) electrons. The van der Waals surface area contributed by atoms with E-state index in [2.05, 4.69) is 0 Å². The maximum Gasteiger partial charge on any atom is 0.336 e. The van der Waals surface area contributed by atoms with Crippen molar-refractivity contribution in [3.63, 3.8) is 0 Å². The third-order valence-corrected chi connectivity index (χ3v) is 7.01. The largest absolute Gasteiger partial charge is 0.494 e. The number of aryl methyl sites for hydroxylation is 1. The second-order valence-corrected chi connectivity index (χ2v) is 9.35. The highest BCUT2D eigenvalue weighted by molar-refractivity contribution is 5.95. The van der Waals surface area contributed by atoms with Crippen molar-refractivity contribution in [2.24, 2.45) is 0 Å². The van der Waals surface area contributed by atoms with Crippen LogP contribution < -0.4 is 24.6 Å². The van der Waals surface area contributed by atoms with Gasteiger partial charge in [0.25, 0.3) is 5.91 Å². The molecule has 2 heterocycles. The highest BCUT2D eigenvalue weighted by atomic mass is 16.5. The Bertz CT molecular complexity index is 1560. The van der Waals surface area contributed by atoms with Gasteiger partial charge in [-0.05, 0) is 85.5 Å². The number of fused-ring (bicyclic) bond motifs is 2. The van der Waals surface area contributed by atoms with E-state index in [4.69, 9.17) is 23.4 Å². The van der Waals surface area contributed by atoms with Gasteiger partial charge in [0.05, 0.1) is 26.9 Å². The lowest BCUT2D eigenvalue weighted by Gasteiger charge is -2.37. The van der Waals surface area contributed by atoms with E-state index in [0.29, 0.717) is 53.7 Å². The molecule has 1 atom stereocenters. The average molecular weight is 530 g/mol. The predicted molar refractivity (Wildman–Crippen MR) is 147 cm³/mol. The SMILES string of the molecule is CCOc1ccc(C(=O)N2CCc3cc(OC)c(OC)cc3C2COc2ccc3c(C)cc(=O)oc3c2)cc1. The minimum atomic E-state index is -0.411. The minimum Gasteiger partial charge on any atom is -0.494 e. The van der Waals surface area contributed by atoms with Crippen LogP contribution >= 0.6 is 0 Å². The van der Waals surface area contributed by atoms with Crippen LogP contribution in [0.3, 0.4) is 0 Å². The Labute approximate surface area is 226 Å². The van der Waals surface area contributed by atoms with Gasteiger partial charge in [-0.1, -0.05) is 0 Å². The van der Waals surface area contributed by atoms with Crippen molar-refractivity contribution in [2.75, 3.05) is 34.0 Å². The molecule has 39 heavy (non-hydrogen) atoms. The Morgan fingerprint density at radius 2 is 1.67 bits per heavy atom. The number of ether oxygens (including phenoxy) is 4. The smallest absolute Gasteiger partial charge is 0.336 e. The van der Waals surface area contributed by atoms with Crippen LogP contribution in [0, 0.1) is 6.92 Å². The van der Waals surface area contributed by atoms with E-state index in [1.807, 2.05) is 43.0 Å². The molecular weight excluding hydrogens is 498 g/mol. The van der Waals surface area contributed by atoms with Gasteiger partial charge in [-0.15, -0.1) is 0 Å². The summed E-state index contributed by atoms with van der Waals surface area (Å²) >= 11 is 0. The first-order valence-electron chi connectivity index (χ1n) is 12.9. The van der Waals surface area contributed by atoms with E-state index in [-0.39, 0.29) is 12.5 Å². The third kappa shape index (κ3) is 5.27. The van der Waals surface area contributed by atoms with Gasteiger partial charge in [0, 0.05) is 29.6 Å². The van der Waals surface area contributed by atoms with Crippen molar-refractivity contribution in [3.05, 3.63) is 93.3 Å². The fraction of sp³-hybridized carbons (Fsp3) is 0.290. The lowest BCUT2D eigenvalue weighted by Crippen LogP contribution is -2.42. The van der Waals surface area contributed by atoms with Crippen LogP contribution in [-0.2, 0) is 6.42 Å². The Hall–Kier alpha value is -4.46. The lowest BCUT2D eigenvalue weighted by molar-refractivity contribution is 0.0589. The number of rotatable bonds is 8. The molecule has 8 nitrogen and oxygen atoms in total. The number of nitrogens with zero attached hydrogens (tertiary/aromatic N) is 1. The number of carbonyl (C=O) groups excluding carboxylic acids is 1. The Morgan fingerprint density at radius 1 is 0.949 bits per heavy atom. The molecule has 1 aliphatic rings. The number of methoxy groups -OCH3 is 2. The molecular formula is C31H31NO7. The molecule has 0 bridgehead atoms. The number of hydrogen-bond acceptors (Lipinski definition) is 7. The van der Waals surface area contributed by atoms with Crippen LogP contribution in [0.4, 0.5) is 0 Å². The standard InChI is InChI=1S/C31H31NO7/c1-5-37-22-8-6-20(7-9-22)31(34)32-13-12-21-15-28(35-3)29(36-4)17-25(21)26(32)18-38-23-10-11-24-19(2)14-30(33)39-27(24)16-23/h6-11,14-17,26H,5,12-13,18H2,1-4H3. The van der Waals surface area contributed by atoms with E-state index in [1.165, 1.54) is 6.07 Å². The average Bonchev–Trinajstić information content (AvgIpc) is 2.95. The van der Waals surface area contributed by atoms with Crippen molar-refractivity contribution < 1.29 is 28.2 Å². The highest BCUT2D eigenvalue weighted by Crippen LogP contribution is 2.39. The summed E-state index contributed by atoms with van der Waals surface area (Å²) in [5, 5.41) is 0.842. The molecule has 0 N–H and O–H groups in total. The summed E-state index contributed by atoms with van der Waals surface area (Å²) in [4.78, 5) is 27.5. The van der Waals surface area contributed by atoms with E-state index in [0.717, 1.165) is 22.1 Å². The maximum atomic E-state index is 13.8. The fourth-order valence-electron chi connectivity index (χ4n) is 5.05. The summed E-state index contributed by atoms with van der Waals surface area (Å²) in [6, 6.07) is 17.5. The van der Waals surface area contributed by atoms with E-state index < -0.39 is 11.7 Å². The number of carbonyl (C=O) groups is 1. The third-order valence-electron chi connectivity index (χ3n) is 7.01. The van der Waals surface area contributed by atoms with Crippen LogP contribution in [-0.4, -0.2) is 44.8 Å². The minimum absolute atomic E-state index is 0.104. The fourth-order valence-corrected chi connectivity index (χ4v) is 5.05. The molecule has 1 aliphatic heterocycles. The summed E-state index contributed by atoms with van der Waals surface area (Å²) in [5.74, 6) is 2.37. The van der Waals surface area contributed by atoms with Gasteiger partial charge in [-0.2, -0.15) is 0 Å². The van der Waals surface area contributed by atoms with Gasteiger partial charge in [0.1, 0.15) is 23.7 Å². The molecule has 8 heteroatoms. The summed E-state index contributed by atoms with van der Waals surface area (Å²) < 4.78 is 28.3. The molecule has 0 aliphatic carbocycles.